The van der Waals surface area contributed by atoms with Gasteiger partial charge in [0.05, 0.1) is 28.4 Å². The van der Waals surface area contributed by atoms with Gasteiger partial charge in [-0.3, -0.25) is 0 Å². The molecule has 0 aromatic heterocycles. The summed E-state index contributed by atoms with van der Waals surface area (Å²) >= 11 is 0. The number of epoxide rings is 1. The van der Waals surface area contributed by atoms with Crippen molar-refractivity contribution in [3.8, 4) is 28.7 Å². The van der Waals surface area contributed by atoms with E-state index in [-0.39, 0.29) is 18.0 Å². The van der Waals surface area contributed by atoms with Crippen LogP contribution >= 0.6 is 0 Å². The van der Waals surface area contributed by atoms with Crippen molar-refractivity contribution in [2.75, 3.05) is 28.4 Å². The Morgan fingerprint density at radius 2 is 1.33 bits per heavy atom. The van der Waals surface area contributed by atoms with Crippen LogP contribution in [0.3, 0.4) is 0 Å². The lowest BCUT2D eigenvalue weighted by Gasteiger charge is -2.13. The first-order chi connectivity index (χ1) is 11.6. The maximum Gasteiger partial charge on any atom is 0.203 e. The molecule has 3 rings (SSSR count). The quantitative estimate of drug-likeness (QED) is 0.819. The SMILES string of the molecule is COc1ccc([C@H]2O[C@H]2c2cc(OC)c(OC)c(OC)c2)cc1O. The molecule has 0 radical (unpaired) electrons. The maximum atomic E-state index is 9.92. The number of methoxy groups -OCH3 is 4. The Morgan fingerprint density at radius 3 is 1.83 bits per heavy atom. The molecule has 2 aromatic carbocycles. The maximum absolute atomic E-state index is 9.92. The summed E-state index contributed by atoms with van der Waals surface area (Å²) in [6.45, 7) is 0. The minimum absolute atomic E-state index is 0.0918. The van der Waals surface area contributed by atoms with E-state index in [1.807, 2.05) is 18.2 Å². The standard InChI is InChI=1S/C18H20O6/c1-20-13-6-5-10(7-12(13)19)16-17(24-16)11-8-14(21-2)18(23-4)15(9-11)22-3/h5-9,16-17,19H,1-4H3/t16-,17+/m1/s1. The molecule has 0 unspecified atom stereocenters. The molecule has 0 saturated carbocycles. The van der Waals surface area contributed by atoms with Crippen molar-refractivity contribution in [3.63, 3.8) is 0 Å². The molecule has 1 fully saturated rings. The Labute approximate surface area is 140 Å². The fourth-order valence-corrected chi connectivity index (χ4v) is 2.77. The van der Waals surface area contributed by atoms with Crippen molar-refractivity contribution in [1.82, 2.24) is 0 Å². The van der Waals surface area contributed by atoms with E-state index in [2.05, 4.69) is 0 Å². The van der Waals surface area contributed by atoms with Crippen molar-refractivity contribution >= 4 is 0 Å². The van der Waals surface area contributed by atoms with Crippen molar-refractivity contribution in [1.29, 1.82) is 0 Å². The molecule has 1 saturated heterocycles. The number of aromatic hydroxyl groups is 1. The number of ether oxygens (including phenoxy) is 5. The Hall–Kier alpha value is -2.60. The number of phenolic OH excluding ortho intramolecular Hbond substituents is 1. The van der Waals surface area contributed by atoms with E-state index in [9.17, 15) is 5.11 Å². The number of benzene rings is 2. The Morgan fingerprint density at radius 1 is 0.750 bits per heavy atom. The summed E-state index contributed by atoms with van der Waals surface area (Å²) in [5.74, 6) is 2.23. The smallest absolute Gasteiger partial charge is 0.203 e. The zero-order valence-corrected chi connectivity index (χ0v) is 14.0. The molecule has 6 heteroatoms. The van der Waals surface area contributed by atoms with Crippen molar-refractivity contribution in [2.45, 2.75) is 12.2 Å². The van der Waals surface area contributed by atoms with Gasteiger partial charge in [0, 0.05) is 0 Å². The topological polar surface area (TPSA) is 69.7 Å². The fraction of sp³-hybridized carbons (Fsp3) is 0.333. The first kappa shape index (κ1) is 16.3. The first-order valence-electron chi connectivity index (χ1n) is 7.45. The number of rotatable bonds is 6. The van der Waals surface area contributed by atoms with Crippen molar-refractivity contribution in [3.05, 3.63) is 41.5 Å². The van der Waals surface area contributed by atoms with Gasteiger partial charge in [0.25, 0.3) is 0 Å². The molecule has 0 bridgehead atoms. The molecule has 2 atom stereocenters. The second kappa shape index (κ2) is 6.49. The van der Waals surface area contributed by atoms with Crippen LogP contribution in [0.5, 0.6) is 28.7 Å². The predicted octanol–water partition coefficient (Wildman–Crippen LogP) is 3.24. The third kappa shape index (κ3) is 2.80. The van der Waals surface area contributed by atoms with Gasteiger partial charge >= 0.3 is 0 Å². The summed E-state index contributed by atoms with van der Waals surface area (Å²) in [4.78, 5) is 0. The van der Waals surface area contributed by atoms with Gasteiger partial charge in [0.2, 0.25) is 5.75 Å². The van der Waals surface area contributed by atoms with Crippen LogP contribution in [0.1, 0.15) is 23.3 Å². The molecule has 0 spiro atoms. The highest BCUT2D eigenvalue weighted by molar-refractivity contribution is 5.55. The van der Waals surface area contributed by atoms with Crippen LogP contribution in [-0.4, -0.2) is 33.5 Å². The monoisotopic (exact) mass is 332 g/mol. The highest BCUT2D eigenvalue weighted by Crippen LogP contribution is 2.54. The molecule has 0 amide bonds. The molecule has 24 heavy (non-hydrogen) atoms. The van der Waals surface area contributed by atoms with E-state index in [1.165, 1.54) is 7.11 Å². The van der Waals surface area contributed by atoms with Crippen LogP contribution in [0.4, 0.5) is 0 Å². The molecular formula is C18H20O6. The van der Waals surface area contributed by atoms with E-state index >= 15 is 0 Å². The second-order valence-corrected chi connectivity index (χ2v) is 5.37. The molecule has 1 aliphatic rings. The van der Waals surface area contributed by atoms with Crippen LogP contribution in [0.2, 0.25) is 0 Å². The predicted molar refractivity (Wildman–Crippen MR) is 87.3 cm³/mol. The van der Waals surface area contributed by atoms with Crippen LogP contribution < -0.4 is 18.9 Å². The molecule has 6 nitrogen and oxygen atoms in total. The third-order valence-corrected chi connectivity index (χ3v) is 4.04. The molecule has 2 aromatic rings. The lowest BCUT2D eigenvalue weighted by molar-refractivity contribution is 0.322. The lowest BCUT2D eigenvalue weighted by Crippen LogP contribution is -1.97. The molecule has 0 aliphatic carbocycles. The zero-order chi connectivity index (χ0) is 17.3. The van der Waals surface area contributed by atoms with Gasteiger partial charge in [-0.15, -0.1) is 0 Å². The van der Waals surface area contributed by atoms with E-state index in [0.29, 0.717) is 23.0 Å². The summed E-state index contributed by atoms with van der Waals surface area (Å²) in [5.41, 5.74) is 1.80. The molecule has 1 heterocycles. The van der Waals surface area contributed by atoms with E-state index in [1.54, 1.807) is 33.5 Å². The van der Waals surface area contributed by atoms with Gasteiger partial charge in [-0.2, -0.15) is 0 Å². The summed E-state index contributed by atoms with van der Waals surface area (Å²) in [7, 11) is 6.24. The van der Waals surface area contributed by atoms with Crippen LogP contribution in [0, 0.1) is 0 Å². The highest BCUT2D eigenvalue weighted by atomic mass is 16.6. The van der Waals surface area contributed by atoms with Crippen LogP contribution in [0.25, 0.3) is 0 Å². The minimum Gasteiger partial charge on any atom is -0.504 e. The van der Waals surface area contributed by atoms with Gasteiger partial charge < -0.3 is 28.8 Å². The summed E-state index contributed by atoms with van der Waals surface area (Å²) in [5, 5.41) is 9.92. The average Bonchev–Trinajstić information content (AvgIpc) is 3.41. The average molecular weight is 332 g/mol. The molecule has 1 N–H and O–H groups in total. The highest BCUT2D eigenvalue weighted by Gasteiger charge is 2.42. The third-order valence-electron chi connectivity index (χ3n) is 4.04. The Bertz CT molecular complexity index is 717. The van der Waals surface area contributed by atoms with E-state index < -0.39 is 0 Å². The van der Waals surface area contributed by atoms with Gasteiger partial charge in [-0.1, -0.05) is 6.07 Å². The van der Waals surface area contributed by atoms with E-state index in [0.717, 1.165) is 11.1 Å². The van der Waals surface area contributed by atoms with Crippen LogP contribution in [0.15, 0.2) is 30.3 Å². The van der Waals surface area contributed by atoms with Gasteiger partial charge in [-0.05, 0) is 35.4 Å². The summed E-state index contributed by atoms with van der Waals surface area (Å²) < 4.78 is 26.9. The normalized spacial score (nSPS) is 18.8. The number of hydrogen-bond donors (Lipinski definition) is 1. The zero-order valence-electron chi connectivity index (χ0n) is 14.0. The molecule has 128 valence electrons. The molecule has 1 aliphatic heterocycles. The van der Waals surface area contributed by atoms with Gasteiger partial charge in [-0.25, -0.2) is 0 Å². The number of phenols is 1. The summed E-state index contributed by atoms with van der Waals surface area (Å²) in [6.07, 6.45) is -0.267. The fourth-order valence-electron chi connectivity index (χ4n) is 2.77. The van der Waals surface area contributed by atoms with Crippen molar-refractivity contribution < 1.29 is 28.8 Å². The second-order valence-electron chi connectivity index (χ2n) is 5.37. The Balaban J connectivity index is 1.88. The molecular weight excluding hydrogens is 312 g/mol. The van der Waals surface area contributed by atoms with Gasteiger partial charge in [0.15, 0.2) is 23.0 Å². The lowest BCUT2D eigenvalue weighted by atomic mass is 10.0. The minimum atomic E-state index is -0.135. The van der Waals surface area contributed by atoms with Crippen molar-refractivity contribution in [2.24, 2.45) is 0 Å². The first-order valence-corrected chi connectivity index (χ1v) is 7.45. The summed E-state index contributed by atoms with van der Waals surface area (Å²) in [6, 6.07) is 8.99. The van der Waals surface area contributed by atoms with Gasteiger partial charge in [0.1, 0.15) is 12.2 Å². The largest absolute Gasteiger partial charge is 0.504 e. The van der Waals surface area contributed by atoms with Crippen LogP contribution in [-0.2, 0) is 4.74 Å². The van der Waals surface area contributed by atoms with E-state index in [4.69, 9.17) is 23.7 Å². The Kier molecular flexibility index (Phi) is 4.40. The number of hydrogen-bond acceptors (Lipinski definition) is 6.